The van der Waals surface area contributed by atoms with Gasteiger partial charge >= 0.3 is 18.1 Å². The Morgan fingerprint density at radius 3 is 2.24 bits per heavy atom. The van der Waals surface area contributed by atoms with Gasteiger partial charge in [-0.2, -0.15) is 17.9 Å². The van der Waals surface area contributed by atoms with Crippen molar-refractivity contribution in [2.24, 2.45) is 5.73 Å². The number of sulfonamides is 1. The number of fused-ring (bicyclic) bond motifs is 1. The number of benzene rings is 1. The Bertz CT molecular complexity index is 1560. The third kappa shape index (κ3) is 10.2. The second kappa shape index (κ2) is 14.9. The van der Waals surface area contributed by atoms with Gasteiger partial charge in [0.15, 0.2) is 0 Å². The van der Waals surface area contributed by atoms with Gasteiger partial charge in [0.1, 0.15) is 11.8 Å². The molecule has 42 heavy (non-hydrogen) atoms. The molecule has 3 rings (SSSR count). The van der Waals surface area contributed by atoms with E-state index in [0.717, 1.165) is 18.9 Å². The molecule has 1 aromatic carbocycles. The zero-order valence-corrected chi connectivity index (χ0v) is 22.5. The van der Waals surface area contributed by atoms with E-state index in [2.05, 4.69) is 10.0 Å². The number of carboxylic acid groups (broad SMARTS) is 2. The highest BCUT2D eigenvalue weighted by atomic mass is 32.2. The van der Waals surface area contributed by atoms with Crippen LogP contribution < -0.4 is 26.1 Å². The van der Waals surface area contributed by atoms with Crippen LogP contribution in [0.4, 0.5) is 13.2 Å². The number of carbonyl (C=O) groups is 3. The molecular weight excluding hydrogens is 589 g/mol. The largest absolute Gasteiger partial charge is 0.492 e. The third-order valence-corrected chi connectivity index (χ3v) is 6.75. The molecular formula is C25H27F3N4O9S. The third-order valence-electron chi connectivity index (χ3n) is 5.26. The van der Waals surface area contributed by atoms with Crippen molar-refractivity contribution in [3.8, 4) is 5.75 Å². The molecule has 228 valence electrons. The van der Waals surface area contributed by atoms with Gasteiger partial charge in [0.25, 0.3) is 11.5 Å². The first-order valence-corrected chi connectivity index (χ1v) is 13.5. The molecule has 0 saturated heterocycles. The summed E-state index contributed by atoms with van der Waals surface area (Å²) in [6, 6.07) is 11.5. The number of halogens is 3. The Labute approximate surface area is 236 Å². The van der Waals surface area contributed by atoms with E-state index in [4.69, 9.17) is 20.4 Å². The van der Waals surface area contributed by atoms with Crippen LogP contribution in [0.1, 0.15) is 23.2 Å². The SMILES string of the molecule is NCCCCOc1ccc2cc(C(=O)NC[C@H](NS(=O)(=O)c3ccccc3)C(=O)O)cc(=O)n2c1.O=C(O)C(F)(F)F. The molecule has 0 saturated carbocycles. The first-order chi connectivity index (χ1) is 19.7. The topological polar surface area (TPSA) is 207 Å². The lowest BCUT2D eigenvalue weighted by molar-refractivity contribution is -0.192. The van der Waals surface area contributed by atoms with E-state index in [1.807, 2.05) is 0 Å². The van der Waals surface area contributed by atoms with E-state index in [0.29, 0.717) is 24.4 Å². The van der Waals surface area contributed by atoms with Crippen molar-refractivity contribution in [3.05, 3.63) is 76.7 Å². The summed E-state index contributed by atoms with van der Waals surface area (Å²) in [7, 11) is -4.12. The number of nitrogens with zero attached hydrogens (tertiary/aromatic N) is 1. The minimum Gasteiger partial charge on any atom is -0.492 e. The average Bonchev–Trinajstić information content (AvgIpc) is 2.93. The van der Waals surface area contributed by atoms with Crippen LogP contribution in [0.25, 0.3) is 5.52 Å². The second-order valence-electron chi connectivity index (χ2n) is 8.42. The lowest BCUT2D eigenvalue weighted by atomic mass is 10.2. The molecule has 0 aliphatic heterocycles. The van der Waals surface area contributed by atoms with E-state index >= 15 is 0 Å². The maximum absolute atomic E-state index is 12.6. The Balaban J connectivity index is 0.000000782. The van der Waals surface area contributed by atoms with Crippen LogP contribution in [0, 0.1) is 0 Å². The van der Waals surface area contributed by atoms with Gasteiger partial charge in [-0.3, -0.25) is 18.8 Å². The number of hydrogen-bond donors (Lipinski definition) is 5. The van der Waals surface area contributed by atoms with Crippen molar-refractivity contribution in [1.29, 1.82) is 0 Å². The monoisotopic (exact) mass is 616 g/mol. The number of rotatable bonds is 12. The lowest BCUT2D eigenvalue weighted by Gasteiger charge is -2.16. The van der Waals surface area contributed by atoms with Crippen LogP contribution in [-0.4, -0.2) is 72.8 Å². The lowest BCUT2D eigenvalue weighted by Crippen LogP contribution is -2.48. The zero-order chi connectivity index (χ0) is 31.5. The first kappa shape index (κ1) is 33.7. The number of amides is 1. The van der Waals surface area contributed by atoms with Crippen molar-refractivity contribution in [2.75, 3.05) is 19.7 Å². The van der Waals surface area contributed by atoms with E-state index in [-0.39, 0.29) is 10.5 Å². The Hall–Kier alpha value is -4.48. The van der Waals surface area contributed by atoms with Gasteiger partial charge in [0.2, 0.25) is 10.0 Å². The average molecular weight is 617 g/mol. The molecule has 6 N–H and O–H groups in total. The fourth-order valence-corrected chi connectivity index (χ4v) is 4.40. The Morgan fingerprint density at radius 1 is 1.02 bits per heavy atom. The number of carbonyl (C=O) groups excluding carboxylic acids is 1. The smallest absolute Gasteiger partial charge is 0.490 e. The summed E-state index contributed by atoms with van der Waals surface area (Å²) < 4.78 is 65.6. The number of aliphatic carboxylic acids is 2. The molecule has 0 fully saturated rings. The molecule has 0 unspecified atom stereocenters. The second-order valence-corrected chi connectivity index (χ2v) is 10.1. The summed E-state index contributed by atoms with van der Waals surface area (Å²) in [5.74, 6) is -4.46. The molecule has 0 radical (unpaired) electrons. The van der Waals surface area contributed by atoms with Crippen LogP contribution >= 0.6 is 0 Å². The fraction of sp³-hybridized carbons (Fsp3) is 0.280. The highest BCUT2D eigenvalue weighted by Crippen LogP contribution is 2.14. The Morgan fingerprint density at radius 2 is 1.67 bits per heavy atom. The normalized spacial score (nSPS) is 12.1. The van der Waals surface area contributed by atoms with Gasteiger partial charge in [-0.25, -0.2) is 13.2 Å². The van der Waals surface area contributed by atoms with E-state index < -0.39 is 52.2 Å². The molecule has 3 aromatic rings. The summed E-state index contributed by atoms with van der Waals surface area (Å²) in [6.45, 7) is 0.489. The number of alkyl halides is 3. The standard InChI is InChI=1S/C23H26N4O7S.C2HF3O2/c24-10-4-5-11-34-18-9-8-17-12-16(13-21(28)27(17)15-18)22(29)25-14-20(23(30)31)26-35(32,33)19-6-2-1-3-7-19;3-2(4,5)1(6)7/h1-3,6-9,12-13,15,20,26H,4-5,10-11,14,24H2,(H,25,29)(H,30,31);(H,6,7)/t20-;/m0./s1. The number of carboxylic acids is 2. The van der Waals surface area contributed by atoms with Crippen molar-refractivity contribution >= 4 is 33.4 Å². The number of unbranched alkanes of at least 4 members (excludes halogenated alkanes) is 1. The highest BCUT2D eigenvalue weighted by molar-refractivity contribution is 7.89. The van der Waals surface area contributed by atoms with Crippen molar-refractivity contribution in [1.82, 2.24) is 14.4 Å². The van der Waals surface area contributed by atoms with Crippen LogP contribution in [0.3, 0.4) is 0 Å². The van der Waals surface area contributed by atoms with Crippen molar-refractivity contribution in [2.45, 2.75) is 30.0 Å². The maximum Gasteiger partial charge on any atom is 0.490 e. The minimum atomic E-state index is -5.08. The van der Waals surface area contributed by atoms with Crippen molar-refractivity contribution in [3.63, 3.8) is 0 Å². The van der Waals surface area contributed by atoms with Crippen LogP contribution in [0.2, 0.25) is 0 Å². The number of pyridine rings is 2. The molecule has 1 amide bonds. The number of hydrogen-bond acceptors (Lipinski definition) is 8. The molecule has 2 heterocycles. The minimum absolute atomic E-state index is 0.00155. The molecule has 13 nitrogen and oxygen atoms in total. The zero-order valence-electron chi connectivity index (χ0n) is 21.7. The van der Waals surface area contributed by atoms with Gasteiger partial charge in [-0.05, 0) is 49.7 Å². The number of aromatic nitrogens is 1. The summed E-state index contributed by atoms with van der Waals surface area (Å²) in [5.41, 5.74) is 5.39. The van der Waals surface area contributed by atoms with Crippen LogP contribution in [0.5, 0.6) is 5.75 Å². The van der Waals surface area contributed by atoms with Crippen molar-refractivity contribution < 1.29 is 50.9 Å². The quantitative estimate of drug-likeness (QED) is 0.184. The van der Waals surface area contributed by atoms with Gasteiger partial charge in [-0.1, -0.05) is 18.2 Å². The van der Waals surface area contributed by atoms with Crippen LogP contribution in [-0.2, 0) is 19.6 Å². The fourth-order valence-electron chi connectivity index (χ4n) is 3.19. The molecule has 1 atom stereocenters. The number of nitrogens with one attached hydrogen (secondary N) is 2. The number of nitrogens with two attached hydrogens (primary N) is 1. The molecule has 0 aliphatic carbocycles. The van der Waals surface area contributed by atoms with Gasteiger partial charge in [0.05, 0.1) is 17.7 Å². The summed E-state index contributed by atoms with van der Waals surface area (Å²) >= 11 is 0. The molecule has 0 bridgehead atoms. The van der Waals surface area contributed by atoms with E-state index in [1.165, 1.54) is 40.9 Å². The van der Waals surface area contributed by atoms with Gasteiger partial charge in [-0.15, -0.1) is 0 Å². The Kier molecular flexibility index (Phi) is 12.0. The summed E-state index contributed by atoms with van der Waals surface area (Å²) in [5, 5.41) is 18.9. The predicted molar refractivity (Wildman–Crippen MR) is 142 cm³/mol. The van der Waals surface area contributed by atoms with Crippen LogP contribution in [0.15, 0.2) is 70.5 Å². The number of ether oxygens (including phenoxy) is 1. The summed E-state index contributed by atoms with van der Waals surface area (Å²) in [6.07, 6.45) is -1.97. The predicted octanol–water partition coefficient (Wildman–Crippen LogP) is 1.21. The highest BCUT2D eigenvalue weighted by Gasteiger charge is 2.38. The van der Waals surface area contributed by atoms with E-state index in [1.54, 1.807) is 18.2 Å². The molecule has 2 aromatic heterocycles. The van der Waals surface area contributed by atoms with E-state index in [9.17, 15) is 41.1 Å². The molecule has 0 spiro atoms. The maximum atomic E-state index is 12.6. The summed E-state index contributed by atoms with van der Waals surface area (Å²) in [4.78, 5) is 45.5. The van der Waals surface area contributed by atoms with Gasteiger partial charge < -0.3 is 26.0 Å². The molecule has 17 heteroatoms. The first-order valence-electron chi connectivity index (χ1n) is 12.0. The van der Waals surface area contributed by atoms with Gasteiger partial charge in [0, 0.05) is 23.7 Å². The molecule has 0 aliphatic rings.